The monoisotopic (exact) mass is 307 g/mol. The molecule has 0 spiro atoms. The minimum atomic E-state index is -4.47. The Morgan fingerprint density at radius 3 is 2.65 bits per heavy atom. The van der Waals surface area contributed by atoms with E-state index in [4.69, 9.17) is 11.6 Å². The minimum absolute atomic E-state index is 0.0122. The molecule has 2 rings (SSSR count). The molecule has 1 fully saturated rings. The molecule has 0 radical (unpaired) electrons. The molecule has 20 heavy (non-hydrogen) atoms. The van der Waals surface area contributed by atoms with Crippen molar-refractivity contribution in [3.63, 3.8) is 0 Å². The van der Waals surface area contributed by atoms with Gasteiger partial charge in [0.15, 0.2) is 0 Å². The number of carbonyl (C=O) groups excluding carboxylic acids is 1. The summed E-state index contributed by atoms with van der Waals surface area (Å²) in [4.78, 5) is 15.1. The van der Waals surface area contributed by atoms with Gasteiger partial charge in [-0.2, -0.15) is 13.2 Å². The van der Waals surface area contributed by atoms with Crippen molar-refractivity contribution in [2.24, 2.45) is 5.92 Å². The normalized spacial score (nSPS) is 15.0. The average molecular weight is 308 g/mol. The summed E-state index contributed by atoms with van der Waals surface area (Å²) in [5.41, 5.74) is -0.859. The van der Waals surface area contributed by atoms with Crippen LogP contribution in [-0.2, 0) is 11.0 Å². The van der Waals surface area contributed by atoms with Crippen molar-refractivity contribution < 1.29 is 18.0 Å². The Balaban J connectivity index is 1.85. The molecule has 1 aromatic rings. The van der Waals surface area contributed by atoms with Gasteiger partial charge in [-0.1, -0.05) is 11.6 Å². The standard InChI is InChI=1S/C12H13ClF3N3O/c13-9-5-8(12(14,15)16)6-10(19-9)17-3-4-18-11(20)7-1-2-7/h5-7H,1-4H2,(H,17,19)(H,18,20). The molecule has 0 unspecified atom stereocenters. The molecule has 1 saturated carbocycles. The first-order valence-corrected chi connectivity index (χ1v) is 6.50. The van der Waals surface area contributed by atoms with Gasteiger partial charge in [0.25, 0.3) is 0 Å². The van der Waals surface area contributed by atoms with Gasteiger partial charge in [-0.15, -0.1) is 0 Å². The number of hydrogen-bond acceptors (Lipinski definition) is 3. The zero-order valence-electron chi connectivity index (χ0n) is 10.4. The maximum Gasteiger partial charge on any atom is 0.416 e. The Bertz CT molecular complexity index is 503. The Kier molecular flexibility index (Phi) is 4.37. The van der Waals surface area contributed by atoms with Crippen LogP contribution in [0, 0.1) is 5.92 Å². The number of halogens is 4. The number of amides is 1. The van der Waals surface area contributed by atoms with Crippen LogP contribution in [0.1, 0.15) is 18.4 Å². The van der Waals surface area contributed by atoms with Crippen molar-refractivity contribution in [3.05, 3.63) is 22.8 Å². The van der Waals surface area contributed by atoms with Gasteiger partial charge in [-0.3, -0.25) is 4.79 Å². The zero-order valence-corrected chi connectivity index (χ0v) is 11.2. The number of alkyl halides is 3. The van der Waals surface area contributed by atoms with E-state index in [9.17, 15) is 18.0 Å². The van der Waals surface area contributed by atoms with Crippen LogP contribution >= 0.6 is 11.6 Å². The number of pyridine rings is 1. The lowest BCUT2D eigenvalue weighted by Gasteiger charge is -2.11. The molecule has 0 atom stereocenters. The molecule has 0 bridgehead atoms. The molecule has 1 aliphatic rings. The zero-order chi connectivity index (χ0) is 14.8. The first-order valence-electron chi connectivity index (χ1n) is 6.12. The molecule has 4 nitrogen and oxygen atoms in total. The van der Waals surface area contributed by atoms with Crippen LogP contribution in [0.5, 0.6) is 0 Å². The van der Waals surface area contributed by atoms with E-state index in [0.717, 1.165) is 25.0 Å². The van der Waals surface area contributed by atoms with Crippen LogP contribution < -0.4 is 10.6 Å². The van der Waals surface area contributed by atoms with E-state index in [1.165, 1.54) is 0 Å². The van der Waals surface area contributed by atoms with Gasteiger partial charge in [0, 0.05) is 19.0 Å². The van der Waals surface area contributed by atoms with Crippen LogP contribution in [-0.4, -0.2) is 24.0 Å². The summed E-state index contributed by atoms with van der Waals surface area (Å²) in [7, 11) is 0. The predicted molar refractivity (Wildman–Crippen MR) is 68.5 cm³/mol. The molecule has 1 aromatic heterocycles. The van der Waals surface area contributed by atoms with Gasteiger partial charge < -0.3 is 10.6 Å². The maximum absolute atomic E-state index is 12.6. The van der Waals surface area contributed by atoms with E-state index in [1.807, 2.05) is 0 Å². The van der Waals surface area contributed by atoms with Crippen molar-refractivity contribution in [2.45, 2.75) is 19.0 Å². The third-order valence-electron chi connectivity index (χ3n) is 2.80. The first kappa shape index (κ1) is 14.9. The Labute approximate surface area is 118 Å². The molecular weight excluding hydrogens is 295 g/mol. The van der Waals surface area contributed by atoms with Gasteiger partial charge in [0.1, 0.15) is 11.0 Å². The van der Waals surface area contributed by atoms with Gasteiger partial charge in [0.05, 0.1) is 5.56 Å². The van der Waals surface area contributed by atoms with Gasteiger partial charge in [0.2, 0.25) is 5.91 Å². The highest BCUT2D eigenvalue weighted by Gasteiger charge is 2.31. The fourth-order valence-corrected chi connectivity index (χ4v) is 1.83. The summed E-state index contributed by atoms with van der Waals surface area (Å²) in [6.45, 7) is 0.605. The Hall–Kier alpha value is -1.50. The Morgan fingerprint density at radius 1 is 1.35 bits per heavy atom. The molecule has 0 saturated heterocycles. The highest BCUT2D eigenvalue weighted by Crippen LogP contribution is 2.32. The number of carbonyl (C=O) groups is 1. The second-order valence-corrected chi connectivity index (χ2v) is 4.94. The largest absolute Gasteiger partial charge is 0.416 e. The van der Waals surface area contributed by atoms with Crippen LogP contribution in [0.2, 0.25) is 5.15 Å². The van der Waals surface area contributed by atoms with E-state index >= 15 is 0 Å². The Morgan fingerprint density at radius 2 is 2.05 bits per heavy atom. The van der Waals surface area contributed by atoms with E-state index in [2.05, 4.69) is 15.6 Å². The summed E-state index contributed by atoms with van der Waals surface area (Å²) >= 11 is 5.55. The van der Waals surface area contributed by atoms with Crippen LogP contribution in [0.25, 0.3) is 0 Å². The molecule has 8 heteroatoms. The van der Waals surface area contributed by atoms with Crippen molar-refractivity contribution in [3.8, 4) is 0 Å². The van der Waals surface area contributed by atoms with E-state index in [0.29, 0.717) is 6.54 Å². The number of rotatable bonds is 5. The third kappa shape index (κ3) is 4.26. The molecule has 0 aliphatic heterocycles. The maximum atomic E-state index is 12.6. The smallest absolute Gasteiger partial charge is 0.368 e. The summed E-state index contributed by atoms with van der Waals surface area (Å²) in [5.74, 6) is 0.128. The number of hydrogen-bond donors (Lipinski definition) is 2. The van der Waals surface area contributed by atoms with Crippen molar-refractivity contribution >= 4 is 23.3 Å². The average Bonchev–Trinajstić information content (AvgIpc) is 3.16. The topological polar surface area (TPSA) is 54.0 Å². The number of nitrogens with one attached hydrogen (secondary N) is 2. The van der Waals surface area contributed by atoms with Crippen molar-refractivity contribution in [1.29, 1.82) is 0 Å². The van der Waals surface area contributed by atoms with Crippen LogP contribution in [0.4, 0.5) is 19.0 Å². The van der Waals surface area contributed by atoms with Crippen molar-refractivity contribution in [1.82, 2.24) is 10.3 Å². The van der Waals surface area contributed by atoms with Gasteiger partial charge in [-0.25, -0.2) is 4.98 Å². The molecule has 1 heterocycles. The lowest BCUT2D eigenvalue weighted by atomic mass is 10.2. The van der Waals surface area contributed by atoms with Gasteiger partial charge in [-0.05, 0) is 25.0 Å². The lowest BCUT2D eigenvalue weighted by Crippen LogP contribution is -2.30. The highest BCUT2D eigenvalue weighted by molar-refractivity contribution is 6.29. The number of anilines is 1. The summed E-state index contributed by atoms with van der Waals surface area (Å²) in [6.07, 6.45) is -2.66. The molecule has 0 aromatic carbocycles. The molecule has 1 amide bonds. The summed E-state index contributed by atoms with van der Waals surface area (Å²) < 4.78 is 37.7. The van der Waals surface area contributed by atoms with E-state index in [1.54, 1.807) is 0 Å². The molecule has 2 N–H and O–H groups in total. The second kappa shape index (κ2) is 5.87. The summed E-state index contributed by atoms with van der Waals surface area (Å²) in [5, 5.41) is 5.16. The van der Waals surface area contributed by atoms with E-state index < -0.39 is 11.7 Å². The quantitative estimate of drug-likeness (QED) is 0.649. The van der Waals surface area contributed by atoms with E-state index in [-0.39, 0.29) is 29.3 Å². The van der Waals surface area contributed by atoms with Gasteiger partial charge >= 0.3 is 6.18 Å². The minimum Gasteiger partial charge on any atom is -0.368 e. The summed E-state index contributed by atoms with van der Waals surface area (Å²) in [6, 6.07) is 1.65. The fraction of sp³-hybridized carbons (Fsp3) is 0.500. The third-order valence-corrected chi connectivity index (χ3v) is 2.99. The number of aromatic nitrogens is 1. The SMILES string of the molecule is O=C(NCCNc1cc(C(F)(F)F)cc(Cl)n1)C1CC1. The van der Waals surface area contributed by atoms with Crippen LogP contribution in [0.3, 0.4) is 0 Å². The molecule has 1 aliphatic carbocycles. The van der Waals surface area contributed by atoms with Crippen LogP contribution in [0.15, 0.2) is 12.1 Å². The number of nitrogens with zero attached hydrogens (tertiary/aromatic N) is 1. The molecule has 110 valence electrons. The lowest BCUT2D eigenvalue weighted by molar-refractivity contribution is -0.137. The molecular formula is C12H13ClF3N3O. The predicted octanol–water partition coefficient (Wildman–Crippen LogP) is 2.69. The highest BCUT2D eigenvalue weighted by atomic mass is 35.5. The fourth-order valence-electron chi connectivity index (χ4n) is 1.62. The van der Waals surface area contributed by atoms with Crippen molar-refractivity contribution in [2.75, 3.05) is 18.4 Å². The second-order valence-electron chi connectivity index (χ2n) is 4.55. The first-order chi connectivity index (χ1) is 9.36.